The molecule has 1 aliphatic rings. The van der Waals surface area contributed by atoms with Crippen LogP contribution in [0, 0.1) is 13.8 Å². The summed E-state index contributed by atoms with van der Waals surface area (Å²) in [6.45, 7) is 8.96. The molecule has 2 aromatic carbocycles. The first-order chi connectivity index (χ1) is 18.0. The van der Waals surface area contributed by atoms with E-state index < -0.39 is 0 Å². The molecule has 0 bridgehead atoms. The maximum absolute atomic E-state index is 12.2. The van der Waals surface area contributed by atoms with Crippen molar-refractivity contribution in [2.45, 2.75) is 142 Å². The molecule has 0 amide bonds. The van der Waals surface area contributed by atoms with Gasteiger partial charge in [-0.25, -0.2) is 0 Å². The van der Waals surface area contributed by atoms with Crippen LogP contribution in [0.3, 0.4) is 0 Å². The molecule has 2 nitrogen and oxygen atoms in total. The summed E-state index contributed by atoms with van der Waals surface area (Å²) in [5.41, 5.74) is 7.46. The number of hydrogen-bond acceptors (Lipinski definition) is 2. The van der Waals surface area contributed by atoms with E-state index in [0.717, 1.165) is 25.7 Å². The van der Waals surface area contributed by atoms with Crippen LogP contribution in [-0.4, -0.2) is 5.97 Å². The molecule has 204 valence electrons. The van der Waals surface area contributed by atoms with Crippen molar-refractivity contribution in [2.24, 2.45) is 0 Å². The minimum absolute atomic E-state index is 0.107. The van der Waals surface area contributed by atoms with Crippen LogP contribution in [-0.2, 0) is 23.1 Å². The summed E-state index contributed by atoms with van der Waals surface area (Å²) in [7, 11) is 0. The third kappa shape index (κ3) is 9.01. The van der Waals surface area contributed by atoms with Gasteiger partial charge < -0.3 is 4.74 Å². The Morgan fingerprint density at radius 3 is 2.03 bits per heavy atom. The monoisotopic (exact) mass is 504 g/mol. The highest BCUT2D eigenvalue weighted by atomic mass is 16.5. The second kappa shape index (κ2) is 15.4. The predicted octanol–water partition coefficient (Wildman–Crippen LogP) is 10.1. The summed E-state index contributed by atoms with van der Waals surface area (Å²) in [6, 6.07) is 13.5. The maximum atomic E-state index is 12.2. The molecule has 37 heavy (non-hydrogen) atoms. The van der Waals surface area contributed by atoms with Crippen LogP contribution < -0.4 is 4.74 Å². The van der Waals surface area contributed by atoms with E-state index in [2.05, 4.69) is 52.0 Å². The number of esters is 1. The number of carbonyl (C=O) groups is 1. The Labute approximate surface area is 227 Å². The third-order valence-electron chi connectivity index (χ3n) is 8.72. The normalized spacial score (nSPS) is 15.0. The Balaban J connectivity index is 1.56. The zero-order valence-corrected chi connectivity index (χ0v) is 24.3. The van der Waals surface area contributed by atoms with Gasteiger partial charge in [0.2, 0.25) is 0 Å². The van der Waals surface area contributed by atoms with E-state index in [0.29, 0.717) is 17.6 Å². The number of benzene rings is 2. The summed E-state index contributed by atoms with van der Waals surface area (Å²) in [4.78, 5) is 12.2. The molecular weight excluding hydrogens is 452 g/mol. The number of carbonyl (C=O) groups excluding carboxylic acids is 1. The Kier molecular flexibility index (Phi) is 12.2. The molecule has 0 aliphatic heterocycles. The molecule has 0 radical (unpaired) electrons. The molecule has 0 aromatic heterocycles. The summed E-state index contributed by atoms with van der Waals surface area (Å²) in [5, 5.41) is 0. The number of hydrogen-bond donors (Lipinski definition) is 0. The molecule has 2 aromatic rings. The van der Waals surface area contributed by atoms with Crippen LogP contribution in [0.4, 0.5) is 0 Å². The minimum atomic E-state index is -0.107. The lowest BCUT2D eigenvalue weighted by atomic mass is 9.66. The van der Waals surface area contributed by atoms with Gasteiger partial charge in [0, 0.05) is 6.42 Å². The smallest absolute Gasteiger partial charge is 0.311 e. The van der Waals surface area contributed by atoms with E-state index in [4.69, 9.17) is 4.74 Å². The minimum Gasteiger partial charge on any atom is -0.427 e. The first kappa shape index (κ1) is 29.5. The van der Waals surface area contributed by atoms with Gasteiger partial charge >= 0.3 is 5.97 Å². The van der Waals surface area contributed by atoms with Gasteiger partial charge in [-0.05, 0) is 97.7 Å². The zero-order chi connectivity index (χ0) is 26.5. The van der Waals surface area contributed by atoms with Crippen LogP contribution in [0.5, 0.6) is 5.75 Å². The summed E-state index contributed by atoms with van der Waals surface area (Å²) >= 11 is 0. The van der Waals surface area contributed by atoms with E-state index in [1.807, 2.05) is 12.1 Å². The zero-order valence-electron chi connectivity index (χ0n) is 24.3. The Bertz CT molecular complexity index is 967. The maximum Gasteiger partial charge on any atom is 0.311 e. The molecule has 1 saturated carbocycles. The van der Waals surface area contributed by atoms with Crippen molar-refractivity contribution in [3.8, 4) is 5.75 Å². The number of rotatable bonds is 15. The van der Waals surface area contributed by atoms with E-state index in [9.17, 15) is 4.79 Å². The molecule has 1 aliphatic carbocycles. The molecule has 0 unspecified atom stereocenters. The summed E-state index contributed by atoms with van der Waals surface area (Å²) in [6.07, 6.45) is 20.6. The number of aryl methyl sites for hydroxylation is 4. The lowest BCUT2D eigenvalue weighted by Gasteiger charge is -2.38. The molecule has 3 rings (SSSR count). The second-order valence-electron chi connectivity index (χ2n) is 11.7. The fourth-order valence-corrected chi connectivity index (χ4v) is 6.27. The first-order valence-electron chi connectivity index (χ1n) is 15.4. The Morgan fingerprint density at radius 1 is 0.757 bits per heavy atom. The quantitative estimate of drug-likeness (QED) is 0.137. The lowest BCUT2D eigenvalue weighted by Crippen LogP contribution is -2.29. The van der Waals surface area contributed by atoms with Crippen molar-refractivity contribution < 1.29 is 9.53 Å². The van der Waals surface area contributed by atoms with E-state index in [-0.39, 0.29) is 5.97 Å². The fraction of sp³-hybridized carbons (Fsp3) is 0.629. The molecule has 0 N–H and O–H groups in total. The molecule has 2 heteroatoms. The van der Waals surface area contributed by atoms with Gasteiger partial charge in [-0.1, -0.05) is 102 Å². The van der Waals surface area contributed by atoms with Crippen LogP contribution in [0.25, 0.3) is 0 Å². The van der Waals surface area contributed by atoms with Gasteiger partial charge in [0.15, 0.2) is 0 Å². The van der Waals surface area contributed by atoms with Crippen LogP contribution in [0.1, 0.15) is 138 Å². The van der Waals surface area contributed by atoms with Crippen LogP contribution in [0.2, 0.25) is 0 Å². The standard InChI is InChI=1S/C35H52O2/c1-5-7-9-10-12-16-34(36)37-33-22-20-31(29(4)27-33)18-17-30-19-21-32(26-28(30)3)35(23-13-8-6-2)24-14-11-15-25-35/h19-22,26-27H,5-18,23-25H2,1-4H3. The van der Waals surface area contributed by atoms with Gasteiger partial charge in [0.1, 0.15) is 5.75 Å². The molecule has 0 atom stereocenters. The highest BCUT2D eigenvalue weighted by Gasteiger charge is 2.33. The Hall–Kier alpha value is -2.09. The number of unbranched alkanes of at least 4 members (excludes halogenated alkanes) is 6. The van der Waals surface area contributed by atoms with Crippen molar-refractivity contribution in [1.82, 2.24) is 0 Å². The molecule has 0 saturated heterocycles. The fourth-order valence-electron chi connectivity index (χ4n) is 6.27. The van der Waals surface area contributed by atoms with Gasteiger partial charge in [0.25, 0.3) is 0 Å². The molecular formula is C35H52O2. The van der Waals surface area contributed by atoms with E-state index in [1.54, 1.807) is 5.56 Å². The third-order valence-corrected chi connectivity index (χ3v) is 8.72. The van der Waals surface area contributed by atoms with Gasteiger partial charge in [-0.2, -0.15) is 0 Å². The Morgan fingerprint density at radius 2 is 1.38 bits per heavy atom. The molecule has 0 spiro atoms. The SMILES string of the molecule is CCCCCCCC(=O)Oc1ccc(CCc2ccc(C3(CCCCC)CCCCC3)cc2C)c(C)c1. The first-order valence-corrected chi connectivity index (χ1v) is 15.4. The van der Waals surface area contributed by atoms with Crippen molar-refractivity contribution in [1.29, 1.82) is 0 Å². The van der Waals surface area contributed by atoms with Crippen LogP contribution in [0.15, 0.2) is 36.4 Å². The summed E-state index contributed by atoms with van der Waals surface area (Å²) < 4.78 is 5.61. The van der Waals surface area contributed by atoms with Gasteiger partial charge in [-0.3, -0.25) is 4.79 Å². The van der Waals surface area contributed by atoms with Crippen molar-refractivity contribution in [3.05, 3.63) is 64.2 Å². The average Bonchev–Trinajstić information content (AvgIpc) is 2.89. The highest BCUT2D eigenvalue weighted by Crippen LogP contribution is 2.44. The topological polar surface area (TPSA) is 26.3 Å². The largest absolute Gasteiger partial charge is 0.427 e. The second-order valence-corrected chi connectivity index (χ2v) is 11.7. The highest BCUT2D eigenvalue weighted by molar-refractivity contribution is 5.72. The molecule has 0 heterocycles. The van der Waals surface area contributed by atoms with E-state index in [1.165, 1.54) is 99.3 Å². The van der Waals surface area contributed by atoms with Gasteiger partial charge in [-0.15, -0.1) is 0 Å². The van der Waals surface area contributed by atoms with Crippen molar-refractivity contribution in [2.75, 3.05) is 0 Å². The van der Waals surface area contributed by atoms with Crippen molar-refractivity contribution in [3.63, 3.8) is 0 Å². The van der Waals surface area contributed by atoms with E-state index >= 15 is 0 Å². The number of ether oxygens (including phenoxy) is 1. The average molecular weight is 505 g/mol. The lowest BCUT2D eigenvalue weighted by molar-refractivity contribution is -0.134. The van der Waals surface area contributed by atoms with Crippen LogP contribution >= 0.6 is 0 Å². The van der Waals surface area contributed by atoms with Gasteiger partial charge in [0.05, 0.1) is 0 Å². The summed E-state index contributed by atoms with van der Waals surface area (Å²) in [5.74, 6) is 0.575. The predicted molar refractivity (Wildman–Crippen MR) is 158 cm³/mol. The van der Waals surface area contributed by atoms with Crippen molar-refractivity contribution >= 4 is 5.97 Å². The molecule has 1 fully saturated rings.